The Morgan fingerprint density at radius 3 is 2.41 bits per heavy atom. The molecule has 0 aromatic heterocycles. The lowest BCUT2D eigenvalue weighted by molar-refractivity contribution is -0.131. The zero-order valence-electron chi connectivity index (χ0n) is 15.8. The van der Waals surface area contributed by atoms with Crippen molar-refractivity contribution in [1.29, 1.82) is 0 Å². The maximum atomic E-state index is 11.6. The van der Waals surface area contributed by atoms with E-state index in [2.05, 4.69) is 0 Å². The summed E-state index contributed by atoms with van der Waals surface area (Å²) in [6, 6.07) is 13.2. The van der Waals surface area contributed by atoms with Gasteiger partial charge in [-0.2, -0.15) is 0 Å². The van der Waals surface area contributed by atoms with Crippen molar-refractivity contribution in [2.45, 2.75) is 51.6 Å². The monoisotopic (exact) mass is 384 g/mol. The summed E-state index contributed by atoms with van der Waals surface area (Å²) < 4.78 is 5.46. The van der Waals surface area contributed by atoms with Crippen LogP contribution in [-0.4, -0.2) is 16.7 Å². The summed E-state index contributed by atoms with van der Waals surface area (Å²) in [6.45, 7) is 3.39. The lowest BCUT2D eigenvalue weighted by Crippen LogP contribution is -2.29. The third-order valence-corrected chi connectivity index (χ3v) is 5.22. The summed E-state index contributed by atoms with van der Waals surface area (Å²) in [4.78, 5) is 11.6. The highest BCUT2D eigenvalue weighted by Gasteiger charge is 2.28. The minimum Gasteiger partial charge on any atom is -0.426 e. The van der Waals surface area contributed by atoms with Crippen LogP contribution < -0.4 is 4.74 Å². The first-order valence-electron chi connectivity index (χ1n) is 9.37. The molecule has 0 heterocycles. The molecular weight excluding hydrogens is 360 g/mol. The standard InChI is InChI=1S/C23H25ClO3/c1-16-6-11-22(27-17(2)25)20(14-16)21(18-7-9-19(24)10-8-18)15-23(26)12-4-3-5-13-23/h6-11,14-15,26H,3-5,12-13H2,1-2H3/b21-15+. The molecule has 1 fully saturated rings. The predicted molar refractivity (Wildman–Crippen MR) is 109 cm³/mol. The number of aliphatic hydroxyl groups is 1. The molecule has 0 spiro atoms. The molecule has 3 nitrogen and oxygen atoms in total. The van der Waals surface area contributed by atoms with E-state index in [4.69, 9.17) is 16.3 Å². The number of esters is 1. The molecule has 0 radical (unpaired) electrons. The second-order valence-electron chi connectivity index (χ2n) is 7.32. The van der Waals surface area contributed by atoms with E-state index in [0.29, 0.717) is 10.8 Å². The van der Waals surface area contributed by atoms with Crippen molar-refractivity contribution in [2.24, 2.45) is 0 Å². The summed E-state index contributed by atoms with van der Waals surface area (Å²) in [7, 11) is 0. The fourth-order valence-electron chi connectivity index (χ4n) is 3.62. The van der Waals surface area contributed by atoms with Gasteiger partial charge in [-0.05, 0) is 61.2 Å². The van der Waals surface area contributed by atoms with Crippen LogP contribution in [0.1, 0.15) is 55.7 Å². The zero-order valence-corrected chi connectivity index (χ0v) is 16.6. The lowest BCUT2D eigenvalue weighted by atomic mass is 9.81. The number of carbonyl (C=O) groups excluding carboxylic acids is 1. The van der Waals surface area contributed by atoms with E-state index in [0.717, 1.165) is 54.4 Å². The number of hydrogen-bond donors (Lipinski definition) is 1. The highest BCUT2D eigenvalue weighted by molar-refractivity contribution is 6.30. The summed E-state index contributed by atoms with van der Waals surface area (Å²) in [6.07, 6.45) is 6.57. The maximum absolute atomic E-state index is 11.6. The Morgan fingerprint density at radius 2 is 1.78 bits per heavy atom. The van der Waals surface area contributed by atoms with Gasteiger partial charge in [-0.15, -0.1) is 0 Å². The topological polar surface area (TPSA) is 46.5 Å². The molecule has 1 aliphatic rings. The normalized spacial score (nSPS) is 16.8. The molecule has 2 aromatic carbocycles. The van der Waals surface area contributed by atoms with Crippen LogP contribution in [0, 0.1) is 6.92 Å². The fraction of sp³-hybridized carbons (Fsp3) is 0.348. The molecule has 3 rings (SSSR count). The molecule has 27 heavy (non-hydrogen) atoms. The van der Waals surface area contributed by atoms with Crippen LogP contribution in [0.5, 0.6) is 5.75 Å². The van der Waals surface area contributed by atoms with Crippen molar-refractivity contribution < 1.29 is 14.6 Å². The van der Waals surface area contributed by atoms with Crippen LogP contribution in [0.2, 0.25) is 5.02 Å². The van der Waals surface area contributed by atoms with Crippen molar-refractivity contribution in [3.63, 3.8) is 0 Å². The van der Waals surface area contributed by atoms with Gasteiger partial charge in [-0.25, -0.2) is 0 Å². The van der Waals surface area contributed by atoms with Crippen molar-refractivity contribution in [2.75, 3.05) is 0 Å². The second kappa shape index (κ2) is 8.28. The quantitative estimate of drug-likeness (QED) is 0.543. The van der Waals surface area contributed by atoms with Crippen LogP contribution in [0.25, 0.3) is 5.57 Å². The first-order chi connectivity index (χ1) is 12.9. The molecule has 1 saturated carbocycles. The first-order valence-corrected chi connectivity index (χ1v) is 9.75. The summed E-state index contributed by atoms with van der Waals surface area (Å²) in [5.74, 6) is 0.126. The minimum absolute atomic E-state index is 0.369. The molecule has 0 amide bonds. The van der Waals surface area contributed by atoms with E-state index in [1.807, 2.05) is 49.4 Å². The number of ether oxygens (including phenoxy) is 1. The van der Waals surface area contributed by atoms with Crippen LogP contribution in [0.15, 0.2) is 48.5 Å². The third kappa shape index (κ3) is 5.00. The average Bonchev–Trinajstić information content (AvgIpc) is 2.62. The van der Waals surface area contributed by atoms with Gasteiger partial charge in [0.25, 0.3) is 0 Å². The Hall–Kier alpha value is -2.10. The van der Waals surface area contributed by atoms with Crippen LogP contribution in [0.4, 0.5) is 0 Å². The molecule has 2 aromatic rings. The highest BCUT2D eigenvalue weighted by Crippen LogP contribution is 2.38. The van der Waals surface area contributed by atoms with Crippen LogP contribution in [0.3, 0.4) is 0 Å². The van der Waals surface area contributed by atoms with Gasteiger partial charge < -0.3 is 9.84 Å². The highest BCUT2D eigenvalue weighted by atomic mass is 35.5. The van der Waals surface area contributed by atoms with Crippen LogP contribution in [-0.2, 0) is 4.79 Å². The SMILES string of the molecule is CC(=O)Oc1ccc(C)cc1/C(=C/C1(O)CCCCC1)c1ccc(Cl)cc1. The molecule has 0 saturated heterocycles. The Balaban J connectivity index is 2.17. The molecule has 0 aliphatic heterocycles. The second-order valence-corrected chi connectivity index (χ2v) is 7.76. The van der Waals surface area contributed by atoms with Gasteiger partial charge in [0.1, 0.15) is 5.75 Å². The summed E-state index contributed by atoms with van der Waals surface area (Å²) >= 11 is 6.07. The number of rotatable bonds is 4. The minimum atomic E-state index is -0.857. The van der Waals surface area contributed by atoms with Crippen LogP contribution >= 0.6 is 11.6 Å². The number of aryl methyl sites for hydroxylation is 1. The smallest absolute Gasteiger partial charge is 0.308 e. The van der Waals surface area contributed by atoms with Gasteiger partial charge >= 0.3 is 5.97 Å². The van der Waals surface area contributed by atoms with E-state index in [-0.39, 0.29) is 5.97 Å². The van der Waals surface area contributed by atoms with Gasteiger partial charge in [0.15, 0.2) is 0 Å². The zero-order chi connectivity index (χ0) is 19.4. The molecular formula is C23H25ClO3. The van der Waals surface area contributed by atoms with Crippen molar-refractivity contribution in [3.8, 4) is 5.75 Å². The summed E-state index contributed by atoms with van der Waals surface area (Å²) in [5.41, 5.74) is 2.78. The molecule has 0 atom stereocenters. The van der Waals surface area contributed by atoms with Gasteiger partial charge in [-0.1, -0.05) is 54.6 Å². The molecule has 1 aliphatic carbocycles. The van der Waals surface area contributed by atoms with Gasteiger partial charge in [-0.3, -0.25) is 4.79 Å². The number of hydrogen-bond acceptors (Lipinski definition) is 3. The van der Waals surface area contributed by atoms with Crippen molar-refractivity contribution in [3.05, 3.63) is 70.3 Å². The first kappa shape index (κ1) is 19.7. The molecule has 4 heteroatoms. The molecule has 142 valence electrons. The Kier molecular flexibility index (Phi) is 6.03. The van der Waals surface area contributed by atoms with Gasteiger partial charge in [0.2, 0.25) is 0 Å². The van der Waals surface area contributed by atoms with Crippen molar-refractivity contribution in [1.82, 2.24) is 0 Å². The lowest BCUT2D eigenvalue weighted by Gasteiger charge is -2.30. The van der Waals surface area contributed by atoms with Gasteiger partial charge in [0, 0.05) is 17.5 Å². The van der Waals surface area contributed by atoms with E-state index in [1.54, 1.807) is 6.07 Å². The number of benzene rings is 2. The maximum Gasteiger partial charge on any atom is 0.308 e. The average molecular weight is 385 g/mol. The fourth-order valence-corrected chi connectivity index (χ4v) is 3.75. The predicted octanol–water partition coefficient (Wildman–Crippen LogP) is 5.70. The number of halogens is 1. The molecule has 0 bridgehead atoms. The molecule has 1 N–H and O–H groups in total. The van der Waals surface area contributed by atoms with E-state index < -0.39 is 5.60 Å². The van der Waals surface area contributed by atoms with E-state index >= 15 is 0 Å². The number of carbonyl (C=O) groups is 1. The van der Waals surface area contributed by atoms with E-state index in [1.165, 1.54) is 6.92 Å². The van der Waals surface area contributed by atoms with E-state index in [9.17, 15) is 9.90 Å². The third-order valence-electron chi connectivity index (χ3n) is 4.97. The largest absolute Gasteiger partial charge is 0.426 e. The Bertz CT molecular complexity index is 846. The van der Waals surface area contributed by atoms with Gasteiger partial charge in [0.05, 0.1) is 5.60 Å². The summed E-state index contributed by atoms with van der Waals surface area (Å²) in [5, 5.41) is 11.8. The Morgan fingerprint density at radius 1 is 1.11 bits per heavy atom. The molecule has 0 unspecified atom stereocenters. The Labute approximate surface area is 165 Å². The van der Waals surface area contributed by atoms with Crippen molar-refractivity contribution >= 4 is 23.1 Å².